The number of benzene rings is 2. The number of hydrogen-bond donors (Lipinski definition) is 0. The van der Waals surface area contributed by atoms with Gasteiger partial charge in [0.05, 0.1) is 17.8 Å². The number of rotatable bonds is 3. The number of hydrogen-bond acceptors (Lipinski definition) is 4. The van der Waals surface area contributed by atoms with E-state index in [1.165, 1.54) is 0 Å². The Balaban J connectivity index is 1.52. The molecule has 0 atom stereocenters. The van der Waals surface area contributed by atoms with Crippen LogP contribution in [0, 0.1) is 0 Å². The zero-order valence-electron chi connectivity index (χ0n) is 13.6. The van der Waals surface area contributed by atoms with Crippen molar-refractivity contribution in [2.75, 3.05) is 11.4 Å². The van der Waals surface area contributed by atoms with Crippen LogP contribution in [0.4, 0.5) is 5.69 Å². The van der Waals surface area contributed by atoms with E-state index in [1.807, 2.05) is 53.4 Å². The van der Waals surface area contributed by atoms with E-state index in [1.54, 1.807) is 11.0 Å². The van der Waals surface area contributed by atoms with Gasteiger partial charge in [-0.05, 0) is 46.2 Å². The molecule has 1 aromatic heterocycles. The minimum Gasteiger partial charge on any atom is -0.311 e. The van der Waals surface area contributed by atoms with Crippen molar-refractivity contribution >= 4 is 17.7 Å². The predicted octanol–water partition coefficient (Wildman–Crippen LogP) is 2.65. The molecule has 2 heterocycles. The molecule has 4 rings (SSSR count). The van der Waals surface area contributed by atoms with Crippen molar-refractivity contribution in [1.29, 1.82) is 0 Å². The largest absolute Gasteiger partial charge is 0.311 e. The Morgan fingerprint density at radius 3 is 2.72 bits per heavy atom. The van der Waals surface area contributed by atoms with Crippen molar-refractivity contribution in [3.63, 3.8) is 0 Å². The van der Waals surface area contributed by atoms with Gasteiger partial charge in [0.15, 0.2) is 0 Å². The van der Waals surface area contributed by atoms with Crippen LogP contribution in [0.3, 0.4) is 0 Å². The Morgan fingerprint density at radius 1 is 1.08 bits per heavy atom. The standard InChI is InChI=1S/C19H17N5O/c25-19(23-12-4-3-6-16-5-1-2-7-18(16)23)13-15-8-10-17(11-9-15)24-14-20-21-22-24/h1-3,5-11,14H,4,12-13H2. The number of carbonyl (C=O) groups excluding carboxylic acids is 1. The van der Waals surface area contributed by atoms with Gasteiger partial charge in [-0.15, -0.1) is 5.10 Å². The summed E-state index contributed by atoms with van der Waals surface area (Å²) in [5.74, 6) is 0.103. The SMILES string of the molecule is O=C(Cc1ccc(-n2cnnn2)cc1)N1CCC=Cc2ccccc21. The van der Waals surface area contributed by atoms with Crippen molar-refractivity contribution in [3.8, 4) is 5.69 Å². The van der Waals surface area contributed by atoms with Crippen LogP contribution in [-0.2, 0) is 11.2 Å². The molecule has 0 unspecified atom stereocenters. The lowest BCUT2D eigenvalue weighted by Crippen LogP contribution is -2.33. The number of para-hydroxylation sites is 1. The molecule has 0 fully saturated rings. The fraction of sp³-hybridized carbons (Fsp3) is 0.158. The summed E-state index contributed by atoms with van der Waals surface area (Å²) in [5.41, 5.74) is 3.90. The summed E-state index contributed by atoms with van der Waals surface area (Å²) < 4.78 is 1.59. The van der Waals surface area contributed by atoms with Gasteiger partial charge in [0, 0.05) is 6.54 Å². The number of fused-ring (bicyclic) bond motifs is 1. The normalized spacial score (nSPS) is 13.4. The number of carbonyl (C=O) groups is 1. The third-order valence-electron chi connectivity index (χ3n) is 4.25. The summed E-state index contributed by atoms with van der Waals surface area (Å²) in [7, 11) is 0. The zero-order chi connectivity index (χ0) is 17.1. The molecule has 6 nitrogen and oxygen atoms in total. The first kappa shape index (κ1) is 15.3. The maximum absolute atomic E-state index is 12.9. The first-order chi connectivity index (χ1) is 12.3. The Bertz CT molecular complexity index is 900. The van der Waals surface area contributed by atoms with E-state index in [2.05, 4.69) is 27.7 Å². The molecule has 1 amide bonds. The van der Waals surface area contributed by atoms with Gasteiger partial charge in [-0.3, -0.25) is 4.79 Å². The second kappa shape index (κ2) is 6.68. The van der Waals surface area contributed by atoms with E-state index in [0.717, 1.165) is 28.9 Å². The van der Waals surface area contributed by atoms with Crippen molar-refractivity contribution in [2.24, 2.45) is 0 Å². The second-order valence-electron chi connectivity index (χ2n) is 5.89. The maximum Gasteiger partial charge on any atom is 0.231 e. The summed E-state index contributed by atoms with van der Waals surface area (Å²) in [5, 5.41) is 11.1. The Hall–Kier alpha value is -3.28. The maximum atomic E-state index is 12.9. The van der Waals surface area contributed by atoms with E-state index >= 15 is 0 Å². The van der Waals surface area contributed by atoms with Crippen LogP contribution in [-0.4, -0.2) is 32.7 Å². The highest BCUT2D eigenvalue weighted by molar-refractivity contribution is 5.97. The quantitative estimate of drug-likeness (QED) is 0.740. The van der Waals surface area contributed by atoms with Crippen molar-refractivity contribution in [1.82, 2.24) is 20.2 Å². The summed E-state index contributed by atoms with van der Waals surface area (Å²) in [6.07, 6.45) is 6.97. The van der Waals surface area contributed by atoms with Crippen LogP contribution >= 0.6 is 0 Å². The first-order valence-electron chi connectivity index (χ1n) is 8.19. The summed E-state index contributed by atoms with van der Waals surface area (Å²) in [6.45, 7) is 0.703. The highest BCUT2D eigenvalue weighted by atomic mass is 16.2. The van der Waals surface area contributed by atoms with E-state index in [0.29, 0.717) is 13.0 Å². The third kappa shape index (κ3) is 3.19. The third-order valence-corrected chi connectivity index (χ3v) is 4.25. The first-order valence-corrected chi connectivity index (χ1v) is 8.19. The monoisotopic (exact) mass is 331 g/mol. The molecule has 0 aliphatic carbocycles. The van der Waals surface area contributed by atoms with Crippen molar-refractivity contribution < 1.29 is 4.79 Å². The molecule has 0 saturated heterocycles. The Labute approximate surface area is 145 Å². The smallest absolute Gasteiger partial charge is 0.231 e. The van der Waals surface area contributed by atoms with Gasteiger partial charge < -0.3 is 4.90 Å². The van der Waals surface area contributed by atoms with Gasteiger partial charge in [0.2, 0.25) is 5.91 Å². The molecule has 25 heavy (non-hydrogen) atoms. The van der Waals surface area contributed by atoms with E-state index in [-0.39, 0.29) is 5.91 Å². The molecule has 1 aliphatic heterocycles. The van der Waals surface area contributed by atoms with Gasteiger partial charge in [-0.25, -0.2) is 4.68 Å². The molecular weight excluding hydrogens is 314 g/mol. The van der Waals surface area contributed by atoms with E-state index in [4.69, 9.17) is 0 Å². The lowest BCUT2D eigenvalue weighted by atomic mass is 10.1. The Kier molecular flexibility index (Phi) is 4.08. The fourth-order valence-corrected chi connectivity index (χ4v) is 2.98. The highest BCUT2D eigenvalue weighted by Gasteiger charge is 2.19. The molecule has 0 spiro atoms. The molecule has 124 valence electrons. The van der Waals surface area contributed by atoms with Crippen molar-refractivity contribution in [3.05, 3.63) is 72.1 Å². The van der Waals surface area contributed by atoms with Crippen LogP contribution in [0.2, 0.25) is 0 Å². The Morgan fingerprint density at radius 2 is 1.92 bits per heavy atom. The van der Waals surface area contributed by atoms with Crippen LogP contribution < -0.4 is 4.90 Å². The van der Waals surface area contributed by atoms with Crippen LogP contribution in [0.25, 0.3) is 11.8 Å². The van der Waals surface area contributed by atoms with Gasteiger partial charge in [-0.2, -0.15) is 0 Å². The highest BCUT2D eigenvalue weighted by Crippen LogP contribution is 2.25. The predicted molar refractivity (Wildman–Crippen MR) is 95.3 cm³/mol. The van der Waals surface area contributed by atoms with Crippen LogP contribution in [0.1, 0.15) is 17.5 Å². The zero-order valence-corrected chi connectivity index (χ0v) is 13.6. The second-order valence-corrected chi connectivity index (χ2v) is 5.89. The molecule has 0 bridgehead atoms. The number of amides is 1. The number of anilines is 1. The number of nitrogens with zero attached hydrogens (tertiary/aromatic N) is 5. The minimum atomic E-state index is 0.103. The summed E-state index contributed by atoms with van der Waals surface area (Å²) >= 11 is 0. The molecule has 0 radical (unpaired) electrons. The lowest BCUT2D eigenvalue weighted by Gasteiger charge is -2.23. The van der Waals surface area contributed by atoms with Gasteiger partial charge >= 0.3 is 0 Å². The molecule has 1 aliphatic rings. The average molecular weight is 331 g/mol. The lowest BCUT2D eigenvalue weighted by molar-refractivity contribution is -0.118. The molecule has 6 heteroatoms. The van der Waals surface area contributed by atoms with Gasteiger partial charge in [0.25, 0.3) is 0 Å². The number of tetrazole rings is 1. The van der Waals surface area contributed by atoms with E-state index in [9.17, 15) is 4.79 Å². The van der Waals surface area contributed by atoms with Gasteiger partial charge in [0.1, 0.15) is 6.33 Å². The minimum absolute atomic E-state index is 0.103. The summed E-state index contributed by atoms with van der Waals surface area (Å²) in [4.78, 5) is 14.7. The number of aromatic nitrogens is 4. The van der Waals surface area contributed by atoms with Crippen molar-refractivity contribution in [2.45, 2.75) is 12.8 Å². The fourth-order valence-electron chi connectivity index (χ4n) is 2.98. The van der Waals surface area contributed by atoms with Crippen LogP contribution in [0.15, 0.2) is 60.9 Å². The average Bonchev–Trinajstić information content (AvgIpc) is 3.09. The molecule has 0 saturated carbocycles. The molecule has 2 aromatic carbocycles. The van der Waals surface area contributed by atoms with Gasteiger partial charge in [-0.1, -0.05) is 42.5 Å². The topological polar surface area (TPSA) is 63.9 Å². The molecule has 3 aromatic rings. The summed E-state index contributed by atoms with van der Waals surface area (Å²) in [6, 6.07) is 15.7. The molecule has 0 N–H and O–H groups in total. The van der Waals surface area contributed by atoms with E-state index < -0.39 is 0 Å². The molecular formula is C19H17N5O. The van der Waals surface area contributed by atoms with Crippen LogP contribution in [0.5, 0.6) is 0 Å².